The Kier molecular flexibility index (Phi) is 7.08. The van der Waals surface area contributed by atoms with Gasteiger partial charge in [-0.2, -0.15) is 0 Å². The molecule has 212 valence electrons. The van der Waals surface area contributed by atoms with Crippen LogP contribution in [0.15, 0.2) is 12.2 Å². The Morgan fingerprint density at radius 2 is 1.62 bits per heavy atom. The van der Waals surface area contributed by atoms with E-state index in [-0.39, 0.29) is 30.1 Å². The Bertz CT molecular complexity index is 884. The molecule has 4 nitrogen and oxygen atoms in total. The molecule has 0 heterocycles. The zero-order valence-electron chi connectivity index (χ0n) is 24.7. The van der Waals surface area contributed by atoms with Gasteiger partial charge in [-0.05, 0) is 128 Å². The first-order valence-electron chi connectivity index (χ1n) is 15.5. The van der Waals surface area contributed by atoms with Crippen LogP contribution in [0.3, 0.4) is 0 Å². The van der Waals surface area contributed by atoms with Gasteiger partial charge in [-0.3, -0.25) is 0 Å². The largest absolute Gasteiger partial charge is 0.394 e. The summed E-state index contributed by atoms with van der Waals surface area (Å²) in [6.45, 7) is 20.1. The fourth-order valence-electron chi connectivity index (χ4n) is 12.0. The lowest BCUT2D eigenvalue weighted by Crippen LogP contribution is -2.66. The number of fused-ring (bicyclic) bond motifs is 7. The Hall–Kier alpha value is -0.420. The van der Waals surface area contributed by atoms with Crippen molar-refractivity contribution in [2.24, 2.45) is 56.7 Å². The molecule has 0 saturated heterocycles. The summed E-state index contributed by atoms with van der Waals surface area (Å²) in [4.78, 5) is 0. The summed E-state index contributed by atoms with van der Waals surface area (Å²) in [5.74, 6) is 3.17. The van der Waals surface area contributed by atoms with Gasteiger partial charge in [0.25, 0.3) is 0 Å². The lowest BCUT2D eigenvalue weighted by molar-refractivity contribution is -0.250. The van der Waals surface area contributed by atoms with Crippen LogP contribution in [0.4, 0.5) is 0 Å². The second-order valence-corrected chi connectivity index (χ2v) is 15.8. The molecule has 0 spiro atoms. The smallest absolute Gasteiger partial charge is 0.100 e. The summed E-state index contributed by atoms with van der Waals surface area (Å²) >= 11 is 0. The Labute approximate surface area is 226 Å². The summed E-state index contributed by atoms with van der Waals surface area (Å²) in [6, 6.07) is 0. The van der Waals surface area contributed by atoms with Crippen molar-refractivity contribution >= 4 is 0 Å². The van der Waals surface area contributed by atoms with E-state index in [0.717, 1.165) is 12.3 Å². The third-order valence-electron chi connectivity index (χ3n) is 14.1. The molecule has 0 amide bonds. The predicted molar refractivity (Wildman–Crippen MR) is 149 cm³/mol. The van der Waals surface area contributed by atoms with Crippen molar-refractivity contribution < 1.29 is 20.1 Å². The summed E-state index contributed by atoms with van der Waals surface area (Å²) in [5.41, 5.74) is 2.45. The Morgan fingerprint density at radius 3 is 2.30 bits per heavy atom. The number of hydrogen-bond donors (Lipinski definition) is 3. The van der Waals surface area contributed by atoms with E-state index in [9.17, 15) is 15.3 Å². The minimum absolute atomic E-state index is 0.000770. The number of aliphatic hydroxyl groups excluding tert-OH is 3. The first-order valence-corrected chi connectivity index (χ1v) is 15.5. The lowest BCUT2D eigenvalue weighted by atomic mass is 9.32. The molecule has 5 rings (SSSR count). The number of ether oxygens (including phenoxy) is 1. The molecular formula is C33H56O4. The van der Waals surface area contributed by atoms with Crippen molar-refractivity contribution in [2.75, 3.05) is 19.8 Å². The van der Waals surface area contributed by atoms with E-state index in [1.807, 2.05) is 0 Å². The van der Waals surface area contributed by atoms with E-state index in [1.165, 1.54) is 63.4 Å². The molecule has 37 heavy (non-hydrogen) atoms. The monoisotopic (exact) mass is 516 g/mol. The van der Waals surface area contributed by atoms with Crippen LogP contribution in [-0.4, -0.2) is 47.3 Å². The highest BCUT2D eigenvalue weighted by Crippen LogP contribution is 2.77. The molecule has 5 aliphatic carbocycles. The van der Waals surface area contributed by atoms with Crippen molar-refractivity contribution in [3.63, 3.8) is 0 Å². The summed E-state index contributed by atoms with van der Waals surface area (Å²) in [5, 5.41) is 30.2. The van der Waals surface area contributed by atoms with Gasteiger partial charge in [0.05, 0.1) is 25.9 Å². The predicted octanol–water partition coefficient (Wildman–Crippen LogP) is 6.37. The third kappa shape index (κ3) is 3.89. The van der Waals surface area contributed by atoms with E-state index < -0.39 is 6.10 Å². The first-order chi connectivity index (χ1) is 17.3. The number of aliphatic hydroxyl groups is 3. The minimum Gasteiger partial charge on any atom is -0.394 e. The van der Waals surface area contributed by atoms with Crippen LogP contribution in [0.5, 0.6) is 0 Å². The van der Waals surface area contributed by atoms with E-state index in [4.69, 9.17) is 4.74 Å². The van der Waals surface area contributed by atoms with Crippen LogP contribution in [0.2, 0.25) is 0 Å². The van der Waals surface area contributed by atoms with Crippen LogP contribution in [0.1, 0.15) is 106 Å². The van der Waals surface area contributed by atoms with Crippen LogP contribution in [-0.2, 0) is 4.74 Å². The zero-order chi connectivity index (χ0) is 27.0. The standard InChI is InChI=1S/C33H56O4/c1-21(2)23-10-15-33(20-37-19-22(35)18-34)17-16-31(6)24(28(23)33)8-9-26-30(5)13-12-27(36)29(3,4)25(30)11-14-32(26,31)7/h22-28,34-36H,1,8-20H2,2-7H3/t22?,23-,24+,25-,26+,27-,28+,30-,31+,32+,33+/m0/s1. The second-order valence-electron chi connectivity index (χ2n) is 15.8. The van der Waals surface area contributed by atoms with Crippen molar-refractivity contribution in [1.82, 2.24) is 0 Å². The fourth-order valence-corrected chi connectivity index (χ4v) is 12.0. The number of hydrogen-bond acceptors (Lipinski definition) is 4. The van der Waals surface area contributed by atoms with Gasteiger partial charge in [-0.1, -0.05) is 46.8 Å². The zero-order valence-corrected chi connectivity index (χ0v) is 24.7. The minimum atomic E-state index is -0.786. The van der Waals surface area contributed by atoms with Crippen LogP contribution >= 0.6 is 0 Å². The maximum atomic E-state index is 11.0. The van der Waals surface area contributed by atoms with Gasteiger partial charge in [0.2, 0.25) is 0 Å². The Morgan fingerprint density at radius 1 is 0.892 bits per heavy atom. The van der Waals surface area contributed by atoms with Gasteiger partial charge in [-0.15, -0.1) is 0 Å². The summed E-state index contributed by atoms with van der Waals surface area (Å²) < 4.78 is 6.16. The maximum absolute atomic E-state index is 11.0. The second kappa shape index (κ2) is 9.32. The average molecular weight is 517 g/mol. The van der Waals surface area contributed by atoms with Crippen molar-refractivity contribution in [3.05, 3.63) is 12.2 Å². The molecule has 0 aliphatic heterocycles. The van der Waals surface area contributed by atoms with Gasteiger partial charge in [0.15, 0.2) is 0 Å². The van der Waals surface area contributed by atoms with Gasteiger partial charge in [0, 0.05) is 0 Å². The highest BCUT2D eigenvalue weighted by molar-refractivity contribution is 5.21. The SMILES string of the molecule is C=C(C)[C@@H]1CC[C@]2(COCC(O)CO)CC[C@]3(C)[C@H](CC[C@@H]4[C@@]5(C)CC[C@H](O)C(C)(C)[C@@H]5CC[C@]43C)[C@@H]12. The highest BCUT2D eigenvalue weighted by Gasteiger charge is 2.70. The first kappa shape index (κ1) is 28.1. The molecule has 0 aromatic carbocycles. The van der Waals surface area contributed by atoms with Crippen molar-refractivity contribution in [2.45, 2.75) is 118 Å². The topological polar surface area (TPSA) is 69.9 Å². The summed E-state index contributed by atoms with van der Waals surface area (Å²) in [7, 11) is 0. The molecule has 0 aromatic rings. The third-order valence-corrected chi connectivity index (χ3v) is 14.1. The molecule has 0 radical (unpaired) electrons. The molecule has 1 unspecified atom stereocenters. The van der Waals surface area contributed by atoms with E-state index in [1.54, 1.807) is 0 Å². The van der Waals surface area contributed by atoms with E-state index >= 15 is 0 Å². The normalized spacial score (nSPS) is 51.4. The molecule has 5 saturated carbocycles. The Balaban J connectivity index is 1.47. The quantitative estimate of drug-likeness (QED) is 0.359. The molecule has 0 aromatic heterocycles. The van der Waals surface area contributed by atoms with Gasteiger partial charge in [0.1, 0.15) is 6.10 Å². The van der Waals surface area contributed by atoms with Gasteiger partial charge < -0.3 is 20.1 Å². The van der Waals surface area contributed by atoms with Crippen LogP contribution < -0.4 is 0 Å². The fraction of sp³-hybridized carbons (Fsp3) is 0.939. The molecule has 5 fully saturated rings. The van der Waals surface area contributed by atoms with Crippen LogP contribution in [0, 0.1) is 56.7 Å². The molecule has 0 bridgehead atoms. The molecule has 5 aliphatic rings. The maximum Gasteiger partial charge on any atom is 0.100 e. The lowest BCUT2D eigenvalue weighted by Gasteiger charge is -2.73. The molecule has 4 heteroatoms. The van der Waals surface area contributed by atoms with Crippen molar-refractivity contribution in [1.29, 1.82) is 0 Å². The summed E-state index contributed by atoms with van der Waals surface area (Å²) in [6.07, 6.45) is 11.2. The van der Waals surface area contributed by atoms with E-state index in [2.05, 4.69) is 48.1 Å². The van der Waals surface area contributed by atoms with Gasteiger partial charge in [-0.25, -0.2) is 0 Å². The molecule has 3 N–H and O–H groups in total. The van der Waals surface area contributed by atoms with E-state index in [0.29, 0.717) is 46.5 Å². The molecule has 11 atom stereocenters. The van der Waals surface area contributed by atoms with Gasteiger partial charge >= 0.3 is 0 Å². The number of rotatable bonds is 6. The van der Waals surface area contributed by atoms with Crippen LogP contribution in [0.25, 0.3) is 0 Å². The highest BCUT2D eigenvalue weighted by atomic mass is 16.5. The molecular weight excluding hydrogens is 460 g/mol. The number of allylic oxidation sites excluding steroid dienone is 1. The van der Waals surface area contributed by atoms with Crippen molar-refractivity contribution in [3.8, 4) is 0 Å². The average Bonchev–Trinajstić information content (AvgIpc) is 3.22.